The van der Waals surface area contributed by atoms with Gasteiger partial charge in [-0.3, -0.25) is 14.5 Å². The van der Waals surface area contributed by atoms with E-state index in [0.717, 1.165) is 50.8 Å². The van der Waals surface area contributed by atoms with Gasteiger partial charge in [-0.2, -0.15) is 26.3 Å². The lowest BCUT2D eigenvalue weighted by molar-refractivity contribution is -0.143. The second kappa shape index (κ2) is 13.7. The fraction of sp³-hybridized carbons (Fsp3) is 0.652. The number of carbonyl (C=O) groups is 2. The van der Waals surface area contributed by atoms with Crippen molar-refractivity contribution in [2.24, 2.45) is 11.7 Å². The molecule has 1 saturated heterocycles. The summed E-state index contributed by atoms with van der Waals surface area (Å²) in [7, 11) is 0. The number of hydrogen-bond donors (Lipinski definition) is 2. The Morgan fingerprint density at radius 2 is 1.38 bits per heavy atom. The van der Waals surface area contributed by atoms with Crippen LogP contribution in [0.15, 0.2) is 18.2 Å². The first-order valence-corrected chi connectivity index (χ1v) is 11.7. The van der Waals surface area contributed by atoms with Crippen molar-refractivity contribution >= 4 is 42.3 Å². The first kappa shape index (κ1) is 33.1. The Bertz CT molecular complexity index is 868. The van der Waals surface area contributed by atoms with Crippen molar-refractivity contribution < 1.29 is 35.9 Å². The Morgan fingerprint density at radius 1 is 0.865 bits per heavy atom. The van der Waals surface area contributed by atoms with E-state index in [4.69, 9.17) is 5.73 Å². The Morgan fingerprint density at radius 3 is 1.84 bits per heavy atom. The van der Waals surface area contributed by atoms with Crippen molar-refractivity contribution in [2.75, 3.05) is 37.6 Å². The highest BCUT2D eigenvalue weighted by Gasteiger charge is 2.37. The van der Waals surface area contributed by atoms with Gasteiger partial charge in [0.05, 0.1) is 11.1 Å². The number of nitrogens with zero attached hydrogens (tertiary/aromatic N) is 2. The van der Waals surface area contributed by atoms with Gasteiger partial charge in [0.25, 0.3) is 0 Å². The van der Waals surface area contributed by atoms with Crippen LogP contribution in [0.5, 0.6) is 0 Å². The van der Waals surface area contributed by atoms with Crippen molar-refractivity contribution in [3.05, 3.63) is 29.3 Å². The molecule has 0 bridgehead atoms. The lowest BCUT2D eigenvalue weighted by atomic mass is 9.84. The maximum Gasteiger partial charge on any atom is 0.416 e. The smallest absolute Gasteiger partial charge is 0.369 e. The van der Waals surface area contributed by atoms with Crippen LogP contribution in [0, 0.1) is 5.92 Å². The minimum atomic E-state index is -4.86. The second-order valence-corrected chi connectivity index (χ2v) is 9.31. The molecule has 1 aliphatic carbocycles. The molecule has 37 heavy (non-hydrogen) atoms. The number of amides is 2. The molecule has 6 nitrogen and oxygen atoms in total. The number of nitrogens with one attached hydrogen (secondary N) is 1. The minimum absolute atomic E-state index is 0. The molecule has 0 aromatic heterocycles. The van der Waals surface area contributed by atoms with Gasteiger partial charge in [-0.1, -0.05) is 0 Å². The maximum absolute atomic E-state index is 13.1. The number of alkyl halides is 6. The number of anilines is 1. The van der Waals surface area contributed by atoms with Gasteiger partial charge < -0.3 is 16.0 Å². The average Bonchev–Trinajstić information content (AvgIpc) is 2.77. The summed E-state index contributed by atoms with van der Waals surface area (Å²) in [6.45, 7) is 2.59. The predicted molar refractivity (Wildman–Crippen MR) is 132 cm³/mol. The monoisotopic (exact) mass is 580 g/mol. The summed E-state index contributed by atoms with van der Waals surface area (Å²) >= 11 is 0. The Hall–Kier alpha value is -1.92. The first-order valence-electron chi connectivity index (χ1n) is 11.7. The van der Waals surface area contributed by atoms with Gasteiger partial charge in [-0.15, -0.1) is 24.8 Å². The van der Waals surface area contributed by atoms with Crippen LogP contribution in [0.4, 0.5) is 32.0 Å². The van der Waals surface area contributed by atoms with Crippen LogP contribution in [0.3, 0.4) is 0 Å². The summed E-state index contributed by atoms with van der Waals surface area (Å²) in [6.07, 6.45) is -5.59. The van der Waals surface area contributed by atoms with Crippen LogP contribution in [0.25, 0.3) is 0 Å². The van der Waals surface area contributed by atoms with E-state index in [1.54, 1.807) is 4.90 Å². The normalized spacial score (nSPS) is 21.0. The van der Waals surface area contributed by atoms with Gasteiger partial charge in [0, 0.05) is 37.9 Å². The molecule has 2 amide bonds. The zero-order valence-corrected chi connectivity index (χ0v) is 21.7. The number of benzene rings is 1. The van der Waals surface area contributed by atoms with E-state index in [0.29, 0.717) is 32.1 Å². The van der Waals surface area contributed by atoms with Crippen LogP contribution >= 0.6 is 24.8 Å². The lowest BCUT2D eigenvalue weighted by Gasteiger charge is -2.37. The second-order valence-electron chi connectivity index (χ2n) is 9.31. The third-order valence-electron chi connectivity index (χ3n) is 6.71. The van der Waals surface area contributed by atoms with Crippen LogP contribution in [0.1, 0.15) is 49.7 Å². The number of piperazine rings is 1. The molecule has 212 valence electrons. The summed E-state index contributed by atoms with van der Waals surface area (Å²) in [4.78, 5) is 26.2. The molecule has 1 aromatic carbocycles. The van der Waals surface area contributed by atoms with Crippen molar-refractivity contribution in [1.82, 2.24) is 10.2 Å². The third kappa shape index (κ3) is 10.0. The van der Waals surface area contributed by atoms with Crippen LogP contribution in [-0.2, 0) is 21.9 Å². The van der Waals surface area contributed by atoms with Crippen LogP contribution in [-0.4, -0.2) is 55.5 Å². The van der Waals surface area contributed by atoms with Gasteiger partial charge in [-0.05, 0) is 62.8 Å². The quantitative estimate of drug-likeness (QED) is 0.364. The molecule has 14 heteroatoms. The molecule has 1 saturated carbocycles. The third-order valence-corrected chi connectivity index (χ3v) is 6.71. The molecule has 3 rings (SSSR count). The van der Waals surface area contributed by atoms with Gasteiger partial charge in [0.15, 0.2) is 0 Å². The van der Waals surface area contributed by atoms with E-state index in [-0.39, 0.29) is 54.9 Å². The van der Waals surface area contributed by atoms with Gasteiger partial charge >= 0.3 is 12.4 Å². The molecule has 0 atom stereocenters. The van der Waals surface area contributed by atoms with E-state index in [1.807, 2.05) is 0 Å². The summed E-state index contributed by atoms with van der Waals surface area (Å²) in [5, 5.41) is 2.83. The number of primary amides is 1. The Balaban J connectivity index is 0.00000342. The molecule has 1 aromatic rings. The topological polar surface area (TPSA) is 78.7 Å². The summed E-state index contributed by atoms with van der Waals surface area (Å²) in [5.41, 5.74) is 2.36. The molecule has 0 unspecified atom stereocenters. The van der Waals surface area contributed by atoms with E-state index in [9.17, 15) is 35.9 Å². The SMILES string of the molecule is Cl.Cl.NC(=O)CC(=O)NC1CCC(CCN2CCN(c3cc(C(F)(F)F)cc(C(F)(F)F)c3)CC2)CC1. The highest BCUT2D eigenvalue weighted by atomic mass is 35.5. The summed E-state index contributed by atoms with van der Waals surface area (Å²) < 4.78 is 78.9. The minimum Gasteiger partial charge on any atom is -0.369 e. The highest BCUT2D eigenvalue weighted by Crippen LogP contribution is 2.38. The molecule has 1 aliphatic heterocycles. The molecule has 1 heterocycles. The fourth-order valence-electron chi connectivity index (χ4n) is 4.75. The molecular weight excluding hydrogens is 549 g/mol. The van der Waals surface area contributed by atoms with Crippen LogP contribution < -0.4 is 16.0 Å². The molecule has 2 aliphatic rings. The highest BCUT2D eigenvalue weighted by molar-refractivity contribution is 5.96. The number of halogens is 8. The van der Waals surface area contributed by atoms with Crippen LogP contribution in [0.2, 0.25) is 0 Å². The molecule has 2 fully saturated rings. The lowest BCUT2D eigenvalue weighted by Crippen LogP contribution is -2.47. The van der Waals surface area contributed by atoms with E-state index in [1.165, 1.54) is 0 Å². The van der Waals surface area contributed by atoms with Crippen molar-refractivity contribution in [1.29, 1.82) is 0 Å². The number of hydrogen-bond acceptors (Lipinski definition) is 4. The predicted octanol–water partition coefficient (Wildman–Crippen LogP) is 4.63. The number of carbonyl (C=O) groups excluding carboxylic acids is 2. The Labute approximate surface area is 224 Å². The summed E-state index contributed by atoms with van der Waals surface area (Å²) in [6, 6.07) is 1.75. The maximum atomic E-state index is 13.1. The number of nitrogens with two attached hydrogens (primary N) is 1. The molecular formula is C23H32Cl2F6N4O2. The van der Waals surface area contributed by atoms with Crippen molar-refractivity contribution in [2.45, 2.75) is 56.9 Å². The standard InChI is InChI=1S/C23H30F6N4O2.2ClH/c24-22(25,26)16-11-17(23(27,28)29)13-19(12-16)33-9-7-32(8-10-33)6-5-15-1-3-18(4-2-15)31-21(35)14-20(30)34;;/h11-13,15,18H,1-10,14H2,(H2,30,34)(H,31,35);2*1H. The van der Waals surface area contributed by atoms with E-state index >= 15 is 0 Å². The number of rotatable bonds is 7. The van der Waals surface area contributed by atoms with Crippen molar-refractivity contribution in [3.63, 3.8) is 0 Å². The zero-order chi connectivity index (χ0) is 25.8. The molecule has 0 spiro atoms. The van der Waals surface area contributed by atoms with Gasteiger partial charge in [-0.25, -0.2) is 0 Å². The fourth-order valence-corrected chi connectivity index (χ4v) is 4.75. The summed E-state index contributed by atoms with van der Waals surface area (Å²) in [5.74, 6) is -0.540. The van der Waals surface area contributed by atoms with E-state index < -0.39 is 29.4 Å². The Kier molecular flexibility index (Phi) is 12.3. The van der Waals surface area contributed by atoms with Crippen molar-refractivity contribution in [3.8, 4) is 0 Å². The first-order chi connectivity index (χ1) is 16.3. The molecule has 3 N–H and O–H groups in total. The van der Waals surface area contributed by atoms with Gasteiger partial charge in [0.2, 0.25) is 11.8 Å². The molecule has 0 radical (unpaired) electrons. The van der Waals surface area contributed by atoms with Gasteiger partial charge in [0.1, 0.15) is 6.42 Å². The zero-order valence-electron chi connectivity index (χ0n) is 20.0. The average molecular weight is 581 g/mol. The largest absolute Gasteiger partial charge is 0.416 e. The van der Waals surface area contributed by atoms with E-state index in [2.05, 4.69) is 10.2 Å².